The van der Waals surface area contributed by atoms with E-state index >= 15 is 0 Å². The largest absolute Gasteiger partial charge is 0.481 e. The Morgan fingerprint density at radius 1 is 1.48 bits per heavy atom. The zero-order valence-electron chi connectivity index (χ0n) is 12.8. The van der Waals surface area contributed by atoms with Crippen LogP contribution in [0.1, 0.15) is 18.2 Å². The van der Waals surface area contributed by atoms with Gasteiger partial charge in [-0.1, -0.05) is 6.07 Å². The molecule has 0 saturated carbocycles. The number of hydrogen-bond donors (Lipinski definition) is 2. The average Bonchev–Trinajstić information content (AvgIpc) is 3.05. The van der Waals surface area contributed by atoms with Crippen molar-refractivity contribution in [2.24, 2.45) is 5.10 Å². The smallest absolute Gasteiger partial charge is 0.277 e. The molecule has 2 aromatic rings. The zero-order chi connectivity index (χ0) is 16.8. The van der Waals surface area contributed by atoms with Gasteiger partial charge in [0.25, 0.3) is 5.91 Å². The number of aryl methyl sites for hydroxylation is 1. The maximum atomic E-state index is 11.8. The molecule has 23 heavy (non-hydrogen) atoms. The summed E-state index contributed by atoms with van der Waals surface area (Å²) in [5, 5.41) is 13.5. The van der Waals surface area contributed by atoms with E-state index in [9.17, 15) is 10.0 Å². The number of ether oxygens (including phenoxy) is 1. The van der Waals surface area contributed by atoms with Gasteiger partial charge in [-0.3, -0.25) is 10.0 Å². The molecule has 1 amide bonds. The summed E-state index contributed by atoms with van der Waals surface area (Å²) in [5.41, 5.74) is 4.33. The number of amides is 1. The summed E-state index contributed by atoms with van der Waals surface area (Å²) in [7, 11) is 2.12. The fourth-order valence-electron chi connectivity index (χ4n) is 1.79. The van der Waals surface area contributed by atoms with Crippen LogP contribution in [0.25, 0.3) is 0 Å². The van der Waals surface area contributed by atoms with Crippen molar-refractivity contribution in [2.75, 3.05) is 11.4 Å². The van der Waals surface area contributed by atoms with E-state index in [1.165, 1.54) is 6.26 Å². The summed E-state index contributed by atoms with van der Waals surface area (Å²) in [6, 6.07) is 8.72. The van der Waals surface area contributed by atoms with Crippen molar-refractivity contribution in [1.29, 1.82) is 0 Å². The van der Waals surface area contributed by atoms with Gasteiger partial charge < -0.3 is 9.15 Å². The number of furan rings is 1. The minimum atomic E-state index is -0.421. The third kappa shape index (κ3) is 4.81. The predicted octanol–water partition coefficient (Wildman–Crippen LogP) is 2.49. The van der Waals surface area contributed by atoms with Gasteiger partial charge in [0.05, 0.1) is 6.26 Å². The molecule has 7 nitrogen and oxygen atoms in total. The summed E-state index contributed by atoms with van der Waals surface area (Å²) >= 11 is 0. The quantitative estimate of drug-likeness (QED) is 0.481. The maximum Gasteiger partial charge on any atom is 0.277 e. The molecular formula is C15H18N3O4P. The van der Waals surface area contributed by atoms with Crippen LogP contribution >= 0.6 is 9.39 Å². The van der Waals surface area contributed by atoms with Gasteiger partial charge in [0, 0.05) is 0 Å². The van der Waals surface area contributed by atoms with Crippen LogP contribution in [0.3, 0.4) is 0 Å². The lowest BCUT2D eigenvalue weighted by molar-refractivity contribution is -0.123. The highest BCUT2D eigenvalue weighted by Gasteiger charge is 2.10. The summed E-state index contributed by atoms with van der Waals surface area (Å²) in [6.45, 7) is 3.37. The number of nitrogens with one attached hydrogen (secondary N) is 1. The van der Waals surface area contributed by atoms with Crippen molar-refractivity contribution in [2.45, 2.75) is 13.8 Å². The monoisotopic (exact) mass is 335 g/mol. The van der Waals surface area contributed by atoms with Crippen molar-refractivity contribution in [3.05, 3.63) is 47.9 Å². The molecule has 8 heteroatoms. The molecule has 1 aromatic carbocycles. The van der Waals surface area contributed by atoms with E-state index < -0.39 is 5.91 Å². The maximum absolute atomic E-state index is 11.8. The van der Waals surface area contributed by atoms with Crippen LogP contribution in [0, 0.1) is 6.92 Å². The second kappa shape index (κ2) is 7.76. The number of hydrazone groups is 1. The van der Waals surface area contributed by atoms with Gasteiger partial charge in [0.2, 0.25) is 0 Å². The topological polar surface area (TPSA) is 87.3 Å². The molecule has 0 bridgehead atoms. The Morgan fingerprint density at radius 2 is 2.26 bits per heavy atom. The number of hydrogen-bond acceptors (Lipinski definition) is 6. The Morgan fingerprint density at radius 3 is 2.91 bits per heavy atom. The Hall–Kier alpha value is -2.37. The van der Waals surface area contributed by atoms with E-state index in [1.807, 2.05) is 13.0 Å². The minimum absolute atomic E-state index is 0.233. The molecule has 0 saturated heterocycles. The first kappa shape index (κ1) is 17.0. The highest BCUT2D eigenvalue weighted by atomic mass is 31.0. The fraction of sp³-hybridized carbons (Fsp3) is 0.200. The Bertz CT molecular complexity index is 699. The fourth-order valence-corrected chi connectivity index (χ4v) is 1.99. The number of benzene rings is 1. The Balaban J connectivity index is 1.93. The van der Waals surface area contributed by atoms with Crippen LogP contribution in [0.2, 0.25) is 0 Å². The van der Waals surface area contributed by atoms with Gasteiger partial charge in [0.15, 0.2) is 6.61 Å². The van der Waals surface area contributed by atoms with Crippen molar-refractivity contribution in [3.8, 4) is 5.75 Å². The van der Waals surface area contributed by atoms with Crippen LogP contribution in [0.4, 0.5) is 5.69 Å². The molecule has 1 aromatic heterocycles. The van der Waals surface area contributed by atoms with E-state index in [2.05, 4.69) is 19.9 Å². The van der Waals surface area contributed by atoms with Crippen LogP contribution in [0.5, 0.6) is 5.75 Å². The number of anilines is 1. The first-order valence-corrected chi connectivity index (χ1v) is 7.33. The molecule has 1 atom stereocenters. The minimum Gasteiger partial charge on any atom is -0.481 e. The van der Waals surface area contributed by atoms with Gasteiger partial charge in [-0.2, -0.15) is 5.10 Å². The lowest BCUT2D eigenvalue weighted by atomic mass is 10.2. The van der Waals surface area contributed by atoms with E-state index in [4.69, 9.17) is 9.15 Å². The zero-order valence-corrected chi connectivity index (χ0v) is 14.0. The normalized spacial score (nSPS) is 11.2. The number of carbonyl (C=O) groups excluding carboxylic acids is 1. The van der Waals surface area contributed by atoms with Crippen LogP contribution < -0.4 is 15.0 Å². The molecule has 1 unspecified atom stereocenters. The Kier molecular flexibility index (Phi) is 5.73. The highest BCUT2D eigenvalue weighted by molar-refractivity contribution is 7.18. The standard InChI is InChI=1S/C15H18N3O4P/c1-10-5-6-14(12(8-10)18(20)23)22-9-15(19)17-16-11(2)13-4-3-7-21-13/h3-8,20H,9,23H2,1-2H3,(H,17,19)/b16-11+. The van der Waals surface area contributed by atoms with Gasteiger partial charge in [0.1, 0.15) is 22.9 Å². The molecule has 0 aliphatic rings. The Labute approximate surface area is 136 Å². The van der Waals surface area contributed by atoms with Gasteiger partial charge >= 0.3 is 0 Å². The lowest BCUT2D eigenvalue weighted by Crippen LogP contribution is -2.25. The van der Waals surface area contributed by atoms with Crippen molar-refractivity contribution < 1.29 is 19.2 Å². The third-order valence-electron chi connectivity index (χ3n) is 2.95. The molecule has 2 N–H and O–H groups in total. The average molecular weight is 335 g/mol. The molecule has 1 heterocycles. The highest BCUT2D eigenvalue weighted by Crippen LogP contribution is 2.30. The van der Waals surface area contributed by atoms with E-state index in [-0.39, 0.29) is 6.61 Å². The first-order valence-electron chi connectivity index (χ1n) is 6.81. The lowest BCUT2D eigenvalue weighted by Gasteiger charge is -2.16. The van der Waals surface area contributed by atoms with E-state index in [1.54, 1.807) is 31.2 Å². The predicted molar refractivity (Wildman–Crippen MR) is 89.7 cm³/mol. The van der Waals surface area contributed by atoms with Crippen LogP contribution in [0.15, 0.2) is 46.1 Å². The van der Waals surface area contributed by atoms with Crippen molar-refractivity contribution in [3.63, 3.8) is 0 Å². The molecule has 0 fully saturated rings. The molecule has 0 radical (unpaired) electrons. The molecule has 122 valence electrons. The number of nitrogens with zero attached hydrogens (tertiary/aromatic N) is 2. The number of carbonyl (C=O) groups is 1. The van der Waals surface area contributed by atoms with E-state index in [0.29, 0.717) is 22.9 Å². The second-order valence-electron chi connectivity index (χ2n) is 4.81. The molecule has 2 rings (SSSR count). The SMILES string of the molecule is C/C(=N\NC(=O)COc1ccc(C)cc1N(O)P)c1ccco1. The van der Waals surface area contributed by atoms with Gasteiger partial charge in [-0.05, 0) is 53.1 Å². The molecule has 0 aliphatic carbocycles. The molecule has 0 aliphatic heterocycles. The second-order valence-corrected chi connectivity index (χ2v) is 5.30. The summed E-state index contributed by atoms with van der Waals surface area (Å²) in [4.78, 5) is 12.6. The third-order valence-corrected chi connectivity index (χ3v) is 3.22. The summed E-state index contributed by atoms with van der Waals surface area (Å²) in [6.07, 6.45) is 1.53. The number of rotatable bonds is 6. The van der Waals surface area contributed by atoms with Crippen LogP contribution in [-0.4, -0.2) is 23.4 Å². The van der Waals surface area contributed by atoms with Gasteiger partial charge in [-0.25, -0.2) is 10.3 Å². The van der Waals surface area contributed by atoms with Crippen molar-refractivity contribution in [1.82, 2.24) is 5.43 Å². The van der Waals surface area contributed by atoms with Gasteiger partial charge in [-0.15, -0.1) is 0 Å². The first-order chi connectivity index (χ1) is 11.0. The molecule has 0 spiro atoms. The summed E-state index contributed by atoms with van der Waals surface area (Å²) in [5.74, 6) is 0.539. The van der Waals surface area contributed by atoms with Crippen molar-refractivity contribution >= 4 is 26.7 Å². The van der Waals surface area contributed by atoms with E-state index in [0.717, 1.165) is 10.4 Å². The molecular weight excluding hydrogens is 317 g/mol. The summed E-state index contributed by atoms with van der Waals surface area (Å²) < 4.78 is 10.6. The van der Waals surface area contributed by atoms with Crippen LogP contribution in [-0.2, 0) is 4.79 Å².